The van der Waals surface area contributed by atoms with E-state index in [1.807, 2.05) is 6.20 Å². The van der Waals surface area contributed by atoms with E-state index in [1.165, 1.54) is 18.5 Å². The van der Waals surface area contributed by atoms with Gasteiger partial charge in [-0.25, -0.2) is 0 Å². The Hall–Kier alpha value is -0.520. The monoisotopic (exact) mass is 385 g/mol. The topological polar surface area (TPSA) is 27.3 Å². The van der Waals surface area contributed by atoms with Crippen LogP contribution in [0.25, 0.3) is 0 Å². The first-order valence-electron chi connectivity index (χ1n) is 6.61. The summed E-state index contributed by atoms with van der Waals surface area (Å²) in [6, 6.07) is 6.24. The molecule has 0 aromatic heterocycles. The van der Waals surface area contributed by atoms with Crippen LogP contribution in [0, 0.1) is 5.92 Å². The SMILES string of the molecule is Brc1cccc(Br)c1N(CC1CC1)C1NC=CCN1. The largest absolute Gasteiger partial charge is 0.359 e. The molecule has 0 saturated heterocycles. The first kappa shape index (κ1) is 13.5. The Morgan fingerprint density at radius 3 is 2.53 bits per heavy atom. The van der Waals surface area contributed by atoms with Gasteiger partial charge in [-0.1, -0.05) is 12.1 Å². The molecule has 1 aromatic rings. The molecule has 1 heterocycles. The van der Waals surface area contributed by atoms with E-state index in [-0.39, 0.29) is 6.29 Å². The lowest BCUT2D eigenvalue weighted by Gasteiger charge is -2.37. The molecule has 5 heteroatoms. The number of anilines is 1. The van der Waals surface area contributed by atoms with Gasteiger partial charge in [-0.2, -0.15) is 0 Å². The normalized spacial score (nSPS) is 22.1. The molecule has 1 aliphatic heterocycles. The summed E-state index contributed by atoms with van der Waals surface area (Å²) in [4.78, 5) is 2.41. The molecule has 1 aliphatic carbocycles. The third kappa shape index (κ3) is 3.15. The van der Waals surface area contributed by atoms with Crippen LogP contribution in [-0.4, -0.2) is 19.4 Å². The van der Waals surface area contributed by atoms with Gasteiger partial charge >= 0.3 is 0 Å². The molecule has 0 spiro atoms. The van der Waals surface area contributed by atoms with E-state index in [4.69, 9.17) is 0 Å². The summed E-state index contributed by atoms with van der Waals surface area (Å²) < 4.78 is 2.25. The summed E-state index contributed by atoms with van der Waals surface area (Å²) in [6.07, 6.45) is 6.98. The molecular formula is C14H17Br2N3. The van der Waals surface area contributed by atoms with Crippen LogP contribution in [0.4, 0.5) is 5.69 Å². The Morgan fingerprint density at radius 2 is 1.95 bits per heavy atom. The number of nitrogens with zero attached hydrogens (tertiary/aromatic N) is 1. The van der Waals surface area contributed by atoms with Crippen LogP contribution in [-0.2, 0) is 0 Å². The number of halogens is 2. The summed E-state index contributed by atoms with van der Waals surface area (Å²) in [5.74, 6) is 0.827. The second-order valence-corrected chi connectivity index (χ2v) is 6.75. The second kappa shape index (κ2) is 5.85. The van der Waals surface area contributed by atoms with E-state index < -0.39 is 0 Å². The zero-order valence-electron chi connectivity index (χ0n) is 10.6. The molecule has 2 aliphatic rings. The van der Waals surface area contributed by atoms with E-state index >= 15 is 0 Å². The molecule has 1 unspecified atom stereocenters. The maximum absolute atomic E-state index is 3.68. The predicted octanol–water partition coefficient (Wildman–Crippen LogP) is 3.42. The number of para-hydroxylation sites is 1. The molecule has 0 bridgehead atoms. The van der Waals surface area contributed by atoms with Gasteiger partial charge in [0.15, 0.2) is 6.29 Å². The molecule has 0 amide bonds. The maximum atomic E-state index is 3.68. The lowest BCUT2D eigenvalue weighted by molar-refractivity contribution is 0.440. The second-order valence-electron chi connectivity index (χ2n) is 5.05. The molecule has 1 aromatic carbocycles. The molecule has 1 atom stereocenters. The smallest absolute Gasteiger partial charge is 0.155 e. The van der Waals surface area contributed by atoms with Crippen molar-refractivity contribution in [3.63, 3.8) is 0 Å². The van der Waals surface area contributed by atoms with Crippen LogP contribution in [0.15, 0.2) is 39.4 Å². The van der Waals surface area contributed by atoms with Gasteiger partial charge < -0.3 is 10.2 Å². The lowest BCUT2D eigenvalue weighted by Crippen LogP contribution is -2.56. The first-order valence-corrected chi connectivity index (χ1v) is 8.19. The summed E-state index contributed by atoms with van der Waals surface area (Å²) >= 11 is 7.36. The number of benzene rings is 1. The molecule has 1 fully saturated rings. The molecular weight excluding hydrogens is 370 g/mol. The van der Waals surface area contributed by atoms with E-state index in [0.29, 0.717) is 0 Å². The van der Waals surface area contributed by atoms with Crippen molar-refractivity contribution in [1.82, 2.24) is 10.6 Å². The molecule has 3 rings (SSSR count). The molecule has 1 saturated carbocycles. The zero-order valence-corrected chi connectivity index (χ0v) is 13.7. The van der Waals surface area contributed by atoms with Crippen molar-refractivity contribution in [3.8, 4) is 0 Å². The molecule has 3 nitrogen and oxygen atoms in total. The summed E-state index contributed by atoms with van der Waals surface area (Å²) in [5, 5.41) is 6.89. The summed E-state index contributed by atoms with van der Waals surface area (Å²) in [7, 11) is 0. The van der Waals surface area contributed by atoms with Crippen LogP contribution in [0.3, 0.4) is 0 Å². The van der Waals surface area contributed by atoms with Crippen molar-refractivity contribution in [3.05, 3.63) is 39.4 Å². The van der Waals surface area contributed by atoms with Gasteiger partial charge in [0.05, 0.1) is 5.69 Å². The van der Waals surface area contributed by atoms with Crippen molar-refractivity contribution in [1.29, 1.82) is 0 Å². The van der Waals surface area contributed by atoms with Gasteiger partial charge in [0.2, 0.25) is 0 Å². The van der Waals surface area contributed by atoms with Crippen LogP contribution in [0.1, 0.15) is 12.8 Å². The van der Waals surface area contributed by atoms with Gasteiger partial charge in [-0.15, -0.1) is 0 Å². The fraction of sp³-hybridized carbons (Fsp3) is 0.429. The Morgan fingerprint density at radius 1 is 1.21 bits per heavy atom. The van der Waals surface area contributed by atoms with Gasteiger partial charge in [0, 0.05) is 22.0 Å². The van der Waals surface area contributed by atoms with Gasteiger partial charge in [0.25, 0.3) is 0 Å². The van der Waals surface area contributed by atoms with Crippen molar-refractivity contribution < 1.29 is 0 Å². The molecule has 0 radical (unpaired) electrons. The van der Waals surface area contributed by atoms with Gasteiger partial charge in [0.1, 0.15) is 0 Å². The van der Waals surface area contributed by atoms with Crippen molar-refractivity contribution >= 4 is 37.5 Å². The highest BCUT2D eigenvalue weighted by atomic mass is 79.9. The molecule has 2 N–H and O–H groups in total. The van der Waals surface area contributed by atoms with Crippen molar-refractivity contribution in [2.75, 3.05) is 18.0 Å². The van der Waals surface area contributed by atoms with E-state index in [2.05, 4.69) is 71.7 Å². The number of rotatable bonds is 4. The van der Waals surface area contributed by atoms with E-state index in [0.717, 1.165) is 28.0 Å². The fourth-order valence-corrected chi connectivity index (χ4v) is 3.78. The molecule has 19 heavy (non-hydrogen) atoms. The minimum atomic E-state index is 0.153. The average molecular weight is 387 g/mol. The number of hydrogen-bond donors (Lipinski definition) is 2. The Labute approximate surface area is 130 Å². The third-order valence-corrected chi connectivity index (χ3v) is 4.77. The highest BCUT2D eigenvalue weighted by Gasteiger charge is 2.30. The predicted molar refractivity (Wildman–Crippen MR) is 86.0 cm³/mol. The number of hydrogen-bond acceptors (Lipinski definition) is 3. The Kier molecular flexibility index (Phi) is 4.15. The summed E-state index contributed by atoms with van der Waals surface area (Å²) in [6.45, 7) is 1.99. The van der Waals surface area contributed by atoms with Crippen LogP contribution >= 0.6 is 31.9 Å². The Bertz CT molecular complexity index is 465. The van der Waals surface area contributed by atoms with E-state index in [9.17, 15) is 0 Å². The van der Waals surface area contributed by atoms with Crippen molar-refractivity contribution in [2.24, 2.45) is 5.92 Å². The minimum Gasteiger partial charge on any atom is -0.359 e. The average Bonchev–Trinajstić information content (AvgIpc) is 3.22. The van der Waals surface area contributed by atoms with Gasteiger partial charge in [-0.05, 0) is 69.0 Å². The van der Waals surface area contributed by atoms with Crippen LogP contribution in [0.5, 0.6) is 0 Å². The fourth-order valence-electron chi connectivity index (χ4n) is 2.32. The van der Waals surface area contributed by atoms with Crippen LogP contribution < -0.4 is 15.5 Å². The zero-order chi connectivity index (χ0) is 13.2. The van der Waals surface area contributed by atoms with E-state index in [1.54, 1.807) is 0 Å². The third-order valence-electron chi connectivity index (χ3n) is 3.49. The highest BCUT2D eigenvalue weighted by molar-refractivity contribution is 9.11. The van der Waals surface area contributed by atoms with Crippen LogP contribution in [0.2, 0.25) is 0 Å². The molecule has 102 valence electrons. The highest BCUT2D eigenvalue weighted by Crippen LogP contribution is 2.38. The quantitative estimate of drug-likeness (QED) is 0.830. The Balaban J connectivity index is 1.90. The minimum absolute atomic E-state index is 0.153. The maximum Gasteiger partial charge on any atom is 0.155 e. The van der Waals surface area contributed by atoms with Crippen molar-refractivity contribution in [2.45, 2.75) is 19.1 Å². The lowest BCUT2D eigenvalue weighted by atomic mass is 10.2. The first-order chi connectivity index (χ1) is 9.25. The van der Waals surface area contributed by atoms with Gasteiger partial charge in [-0.3, -0.25) is 5.32 Å². The standard InChI is InChI=1S/C14H17Br2N3/c15-11-3-1-4-12(16)13(11)19(9-10-5-6-10)14-17-7-2-8-18-14/h1-4,7,10,14,17-18H,5-6,8-9H2. The summed E-state index contributed by atoms with van der Waals surface area (Å²) in [5.41, 5.74) is 1.22. The number of nitrogens with one attached hydrogen (secondary N) is 2.